The summed E-state index contributed by atoms with van der Waals surface area (Å²) in [6, 6.07) is 7.41. The van der Waals surface area contributed by atoms with Gasteiger partial charge >= 0.3 is 0 Å². The van der Waals surface area contributed by atoms with E-state index in [0.29, 0.717) is 26.1 Å². The Morgan fingerprint density at radius 1 is 1.20 bits per heavy atom. The maximum absolute atomic E-state index is 11.6. The first-order valence-corrected chi connectivity index (χ1v) is 6.71. The Hall–Kier alpha value is -1.75. The van der Waals surface area contributed by atoms with Crippen LogP contribution in [0.15, 0.2) is 24.3 Å². The van der Waals surface area contributed by atoms with Crippen LogP contribution in [0.3, 0.4) is 0 Å². The number of hydrogen-bond donors (Lipinski definition) is 1. The number of carbonyl (C=O) groups is 1. The number of rotatable bonds is 9. The van der Waals surface area contributed by atoms with Gasteiger partial charge in [0, 0.05) is 19.6 Å². The molecule has 5 nitrogen and oxygen atoms in total. The summed E-state index contributed by atoms with van der Waals surface area (Å²) in [5.74, 6) is 1.59. The van der Waals surface area contributed by atoms with Crippen molar-refractivity contribution in [3.8, 4) is 11.5 Å². The molecule has 0 aliphatic carbocycles. The quantitative estimate of drug-likeness (QED) is 0.703. The van der Waals surface area contributed by atoms with Crippen molar-refractivity contribution in [2.75, 3.05) is 27.4 Å². The van der Waals surface area contributed by atoms with Gasteiger partial charge in [-0.3, -0.25) is 4.79 Å². The zero-order valence-electron chi connectivity index (χ0n) is 12.3. The predicted octanol–water partition coefficient (Wildman–Crippen LogP) is 2.01. The maximum atomic E-state index is 11.6. The highest BCUT2D eigenvalue weighted by atomic mass is 16.5. The van der Waals surface area contributed by atoms with Crippen LogP contribution in [0.25, 0.3) is 0 Å². The highest BCUT2D eigenvalue weighted by molar-refractivity contribution is 5.76. The molecule has 0 unspecified atom stereocenters. The van der Waals surface area contributed by atoms with Crippen LogP contribution in [-0.4, -0.2) is 39.4 Å². The van der Waals surface area contributed by atoms with Crippen molar-refractivity contribution in [1.29, 1.82) is 0 Å². The lowest BCUT2D eigenvalue weighted by atomic mass is 10.2. The summed E-state index contributed by atoms with van der Waals surface area (Å²) in [6.45, 7) is 2.95. The van der Waals surface area contributed by atoms with E-state index in [0.717, 1.165) is 11.5 Å². The van der Waals surface area contributed by atoms with Gasteiger partial charge in [0.1, 0.15) is 11.5 Å². The smallest absolute Gasteiger partial charge is 0.220 e. The third-order valence-electron chi connectivity index (χ3n) is 2.70. The van der Waals surface area contributed by atoms with Gasteiger partial charge in [-0.2, -0.15) is 0 Å². The van der Waals surface area contributed by atoms with Crippen LogP contribution < -0.4 is 14.8 Å². The molecular formula is C15H23NO4. The summed E-state index contributed by atoms with van der Waals surface area (Å²) < 4.78 is 15.6. The van der Waals surface area contributed by atoms with E-state index in [1.807, 2.05) is 31.2 Å². The van der Waals surface area contributed by atoms with Crippen LogP contribution in [0.5, 0.6) is 11.5 Å². The zero-order chi connectivity index (χ0) is 14.8. The van der Waals surface area contributed by atoms with Crippen molar-refractivity contribution < 1.29 is 19.0 Å². The number of methoxy groups -OCH3 is 2. The molecule has 0 saturated heterocycles. The van der Waals surface area contributed by atoms with Gasteiger partial charge in [0.15, 0.2) is 0 Å². The van der Waals surface area contributed by atoms with Gasteiger partial charge in [-0.15, -0.1) is 0 Å². The van der Waals surface area contributed by atoms with E-state index in [4.69, 9.17) is 14.2 Å². The van der Waals surface area contributed by atoms with Crippen molar-refractivity contribution >= 4 is 5.91 Å². The van der Waals surface area contributed by atoms with Gasteiger partial charge < -0.3 is 19.5 Å². The first kappa shape index (κ1) is 16.3. The fraction of sp³-hybridized carbons (Fsp3) is 0.533. The Morgan fingerprint density at radius 2 is 1.85 bits per heavy atom. The van der Waals surface area contributed by atoms with Gasteiger partial charge in [0.2, 0.25) is 5.91 Å². The Bertz CT molecular complexity index is 391. The first-order valence-electron chi connectivity index (χ1n) is 6.71. The van der Waals surface area contributed by atoms with E-state index >= 15 is 0 Å². The molecule has 0 aliphatic heterocycles. The van der Waals surface area contributed by atoms with Crippen LogP contribution in [-0.2, 0) is 9.53 Å². The lowest BCUT2D eigenvalue weighted by Crippen LogP contribution is -2.35. The minimum absolute atomic E-state index is 0.0212. The molecule has 1 aromatic rings. The van der Waals surface area contributed by atoms with Crippen molar-refractivity contribution in [2.24, 2.45) is 0 Å². The number of amides is 1. The molecular weight excluding hydrogens is 258 g/mol. The molecule has 112 valence electrons. The van der Waals surface area contributed by atoms with Gasteiger partial charge in [0.05, 0.1) is 20.3 Å². The molecule has 1 aromatic carbocycles. The molecule has 1 amide bonds. The average Bonchev–Trinajstić information content (AvgIpc) is 2.44. The summed E-state index contributed by atoms with van der Waals surface area (Å²) in [6.07, 6.45) is 1.13. The third kappa shape index (κ3) is 6.43. The number of benzene rings is 1. The van der Waals surface area contributed by atoms with Crippen LogP contribution in [0.4, 0.5) is 0 Å². The molecule has 20 heavy (non-hydrogen) atoms. The Kier molecular flexibility index (Phi) is 7.50. The highest BCUT2D eigenvalue weighted by Crippen LogP contribution is 2.17. The van der Waals surface area contributed by atoms with Gasteiger partial charge in [-0.25, -0.2) is 0 Å². The summed E-state index contributed by atoms with van der Waals surface area (Å²) in [4.78, 5) is 11.6. The number of hydrogen-bond acceptors (Lipinski definition) is 4. The Balaban J connectivity index is 2.16. The highest BCUT2D eigenvalue weighted by Gasteiger charge is 2.06. The van der Waals surface area contributed by atoms with Crippen LogP contribution in [0.1, 0.15) is 19.8 Å². The summed E-state index contributed by atoms with van der Waals surface area (Å²) in [5.41, 5.74) is 0. The monoisotopic (exact) mass is 281 g/mol. The molecule has 0 bridgehead atoms. The Labute approximate surface area is 120 Å². The summed E-state index contributed by atoms with van der Waals surface area (Å²) in [7, 11) is 3.24. The van der Waals surface area contributed by atoms with E-state index in [-0.39, 0.29) is 11.9 Å². The van der Waals surface area contributed by atoms with E-state index in [1.165, 1.54) is 0 Å². The lowest BCUT2D eigenvalue weighted by molar-refractivity contribution is -0.122. The van der Waals surface area contributed by atoms with E-state index in [2.05, 4.69) is 5.32 Å². The second-order valence-corrected chi connectivity index (χ2v) is 4.55. The molecule has 0 fully saturated rings. The van der Waals surface area contributed by atoms with E-state index in [9.17, 15) is 4.79 Å². The number of ether oxygens (including phenoxy) is 3. The largest absolute Gasteiger partial charge is 0.497 e. The second kappa shape index (κ2) is 9.20. The van der Waals surface area contributed by atoms with Crippen molar-refractivity contribution in [1.82, 2.24) is 5.32 Å². The molecule has 0 saturated carbocycles. The standard InChI is InChI=1S/C15H23NO4/c1-12(11-18-2)16-15(17)5-4-10-20-14-8-6-13(19-3)7-9-14/h6-9,12H,4-5,10-11H2,1-3H3,(H,16,17)/t12-/m1/s1. The molecule has 0 aromatic heterocycles. The van der Waals surface area contributed by atoms with E-state index in [1.54, 1.807) is 14.2 Å². The van der Waals surface area contributed by atoms with Crippen molar-refractivity contribution in [2.45, 2.75) is 25.8 Å². The van der Waals surface area contributed by atoms with Crippen molar-refractivity contribution in [3.63, 3.8) is 0 Å². The topological polar surface area (TPSA) is 56.8 Å². The number of carbonyl (C=O) groups excluding carboxylic acids is 1. The molecule has 1 N–H and O–H groups in total. The third-order valence-corrected chi connectivity index (χ3v) is 2.70. The van der Waals surface area contributed by atoms with Crippen LogP contribution in [0, 0.1) is 0 Å². The second-order valence-electron chi connectivity index (χ2n) is 4.55. The SMILES string of the molecule is COC[C@@H](C)NC(=O)CCCOc1ccc(OC)cc1. The van der Waals surface area contributed by atoms with Crippen molar-refractivity contribution in [3.05, 3.63) is 24.3 Å². The minimum atomic E-state index is 0.0212. The van der Waals surface area contributed by atoms with Crippen LogP contribution >= 0.6 is 0 Å². The summed E-state index contributed by atoms with van der Waals surface area (Å²) in [5, 5.41) is 2.86. The fourth-order valence-electron chi connectivity index (χ4n) is 1.73. The molecule has 5 heteroatoms. The molecule has 0 radical (unpaired) electrons. The Morgan fingerprint density at radius 3 is 2.45 bits per heavy atom. The fourth-order valence-corrected chi connectivity index (χ4v) is 1.73. The van der Waals surface area contributed by atoms with Gasteiger partial charge in [0.25, 0.3) is 0 Å². The molecule has 1 rings (SSSR count). The minimum Gasteiger partial charge on any atom is -0.497 e. The predicted molar refractivity (Wildman–Crippen MR) is 77.2 cm³/mol. The molecule has 0 heterocycles. The summed E-state index contributed by atoms with van der Waals surface area (Å²) >= 11 is 0. The number of nitrogens with one attached hydrogen (secondary N) is 1. The molecule has 0 aliphatic rings. The first-order chi connectivity index (χ1) is 9.65. The lowest BCUT2D eigenvalue weighted by Gasteiger charge is -2.12. The average molecular weight is 281 g/mol. The normalized spacial score (nSPS) is 11.8. The zero-order valence-corrected chi connectivity index (χ0v) is 12.3. The van der Waals surface area contributed by atoms with Crippen LogP contribution in [0.2, 0.25) is 0 Å². The van der Waals surface area contributed by atoms with Gasteiger partial charge in [-0.1, -0.05) is 0 Å². The molecule has 0 spiro atoms. The van der Waals surface area contributed by atoms with Gasteiger partial charge in [-0.05, 0) is 37.6 Å². The maximum Gasteiger partial charge on any atom is 0.220 e. The molecule has 1 atom stereocenters. The van der Waals surface area contributed by atoms with E-state index < -0.39 is 0 Å².